The number of halogens is 3. The molecule has 9 nitrogen and oxygen atoms in total. The molecule has 3 aromatic heterocycles. The lowest BCUT2D eigenvalue weighted by Crippen LogP contribution is -2.31. The van der Waals surface area contributed by atoms with Gasteiger partial charge in [-0.05, 0) is 43.2 Å². The number of rotatable bonds is 8. The number of aromatic nitrogens is 5. The molecule has 5 aromatic rings. The van der Waals surface area contributed by atoms with Crippen LogP contribution in [0.3, 0.4) is 0 Å². The van der Waals surface area contributed by atoms with Gasteiger partial charge in [-0.15, -0.1) is 0 Å². The van der Waals surface area contributed by atoms with E-state index in [0.29, 0.717) is 33.8 Å². The maximum absolute atomic E-state index is 15.0. The van der Waals surface area contributed by atoms with Crippen LogP contribution in [0.5, 0.6) is 5.75 Å². The highest BCUT2D eigenvalue weighted by molar-refractivity contribution is 6.32. The van der Waals surface area contributed by atoms with Crippen LogP contribution in [0.25, 0.3) is 22.6 Å². The second-order valence-electron chi connectivity index (χ2n) is 9.82. The summed E-state index contributed by atoms with van der Waals surface area (Å²) in [4.78, 5) is 18.5. The minimum absolute atomic E-state index is 0.0132. The Hall–Kier alpha value is -4.95. The minimum Gasteiger partial charge on any atom is -0.476 e. The summed E-state index contributed by atoms with van der Waals surface area (Å²) in [6.07, 6.45) is 10.2. The number of nitrogens with one attached hydrogen (secondary N) is 2. The van der Waals surface area contributed by atoms with Gasteiger partial charge in [-0.2, -0.15) is 9.65 Å². The number of fused-ring (bicyclic) bond motifs is 1. The molecule has 212 valence electrons. The lowest BCUT2D eigenvalue weighted by atomic mass is 9.93. The summed E-state index contributed by atoms with van der Waals surface area (Å²) in [7, 11) is 0. The number of nitriles is 1. The Labute approximate surface area is 245 Å². The number of benzene rings is 2. The second-order valence-corrected chi connectivity index (χ2v) is 10.2. The molecule has 0 radical (unpaired) electrons. The predicted octanol–water partition coefficient (Wildman–Crippen LogP) is 6.55. The van der Waals surface area contributed by atoms with Crippen molar-refractivity contribution in [3.05, 3.63) is 95.9 Å². The van der Waals surface area contributed by atoms with E-state index in [9.17, 15) is 8.78 Å². The number of imidazole rings is 2. The quantitative estimate of drug-likeness (QED) is 0.212. The van der Waals surface area contributed by atoms with E-state index in [-0.39, 0.29) is 11.3 Å². The van der Waals surface area contributed by atoms with Crippen LogP contribution in [0.15, 0.2) is 68.0 Å². The van der Waals surface area contributed by atoms with Gasteiger partial charge in [0.1, 0.15) is 6.07 Å². The first kappa shape index (κ1) is 27.2. The molecule has 0 aliphatic carbocycles. The monoisotopic (exact) mass is 586 g/mol. The summed E-state index contributed by atoms with van der Waals surface area (Å²) < 4.78 is 36.1. The van der Waals surface area contributed by atoms with Crippen molar-refractivity contribution in [2.75, 3.05) is 25.0 Å². The first-order valence-corrected chi connectivity index (χ1v) is 13.6. The van der Waals surface area contributed by atoms with Crippen molar-refractivity contribution in [2.45, 2.75) is 18.8 Å². The van der Waals surface area contributed by atoms with Crippen molar-refractivity contribution in [1.82, 2.24) is 29.2 Å². The van der Waals surface area contributed by atoms with Gasteiger partial charge in [0, 0.05) is 60.1 Å². The fraction of sp³-hybridized carbons (Fsp3) is 0.200. The van der Waals surface area contributed by atoms with Gasteiger partial charge < -0.3 is 19.9 Å². The van der Waals surface area contributed by atoms with E-state index in [1.807, 2.05) is 18.3 Å². The molecule has 0 bridgehead atoms. The molecule has 0 amide bonds. The van der Waals surface area contributed by atoms with E-state index in [1.54, 1.807) is 29.1 Å². The smallest absolute Gasteiger partial charge is 0.201 e. The highest BCUT2D eigenvalue weighted by atomic mass is 35.5. The molecule has 42 heavy (non-hydrogen) atoms. The van der Waals surface area contributed by atoms with Crippen molar-refractivity contribution in [1.29, 1.82) is 5.26 Å². The van der Waals surface area contributed by atoms with Gasteiger partial charge in [-0.1, -0.05) is 18.2 Å². The SMILES string of the molecule is C=C(c1ccc(Nc2nccn3c(-c4ccc(OCC#N)c(F)c4F)cnc23)cc1Cl)N1CCC(c2c[nH]cn2)CC1. The molecule has 0 unspecified atom stereocenters. The molecule has 1 fully saturated rings. The van der Waals surface area contributed by atoms with Crippen LogP contribution in [-0.2, 0) is 0 Å². The van der Waals surface area contributed by atoms with Gasteiger partial charge in [-0.3, -0.25) is 4.40 Å². The standard InChI is InChI=1S/C30H25ClF2N8O/c1-18(40-10-6-19(7-11-40)24-15-35-17-38-24)21-3-2-20(14-23(21)31)39-29-30-37-16-25(41(30)12-9-36-29)22-4-5-26(42-13-8-34)28(33)27(22)32/h2-5,9,12,14-17,19H,1,6-7,10-11,13H2,(H,35,38)(H,36,39). The maximum atomic E-state index is 15.0. The normalized spacial score (nSPS) is 13.7. The highest BCUT2D eigenvalue weighted by Gasteiger charge is 2.24. The van der Waals surface area contributed by atoms with Crippen LogP contribution in [0.4, 0.5) is 20.3 Å². The minimum atomic E-state index is -1.18. The zero-order valence-corrected chi connectivity index (χ0v) is 23.1. The molecule has 1 aliphatic rings. The maximum Gasteiger partial charge on any atom is 0.201 e. The molecule has 1 saturated heterocycles. The van der Waals surface area contributed by atoms with E-state index < -0.39 is 18.2 Å². The molecule has 2 N–H and O–H groups in total. The summed E-state index contributed by atoms with van der Waals surface area (Å²) in [6, 6.07) is 9.99. The number of ether oxygens (including phenoxy) is 1. The van der Waals surface area contributed by atoms with Crippen molar-refractivity contribution < 1.29 is 13.5 Å². The Bertz CT molecular complexity index is 1810. The molecule has 0 spiro atoms. The van der Waals surface area contributed by atoms with E-state index in [0.717, 1.165) is 42.9 Å². The van der Waals surface area contributed by atoms with Gasteiger partial charge in [0.15, 0.2) is 29.6 Å². The highest BCUT2D eigenvalue weighted by Crippen LogP contribution is 2.35. The molecule has 6 rings (SSSR count). The number of likely N-dealkylation sites (tertiary alicyclic amines) is 1. The van der Waals surface area contributed by atoms with Gasteiger partial charge in [0.05, 0.1) is 28.9 Å². The van der Waals surface area contributed by atoms with Crippen molar-refractivity contribution in [3.8, 4) is 23.1 Å². The topological polar surface area (TPSA) is 107 Å². The van der Waals surface area contributed by atoms with Gasteiger partial charge in [-0.25, -0.2) is 19.3 Å². The number of hydrogen-bond acceptors (Lipinski definition) is 7. The van der Waals surface area contributed by atoms with Crippen LogP contribution in [0.2, 0.25) is 5.02 Å². The number of anilines is 2. The fourth-order valence-electron chi connectivity index (χ4n) is 5.23. The molecule has 0 atom stereocenters. The van der Waals surface area contributed by atoms with E-state index in [4.69, 9.17) is 21.6 Å². The van der Waals surface area contributed by atoms with Gasteiger partial charge in [0.2, 0.25) is 5.82 Å². The predicted molar refractivity (Wildman–Crippen MR) is 155 cm³/mol. The van der Waals surface area contributed by atoms with E-state index in [1.165, 1.54) is 24.5 Å². The zero-order chi connectivity index (χ0) is 29.2. The van der Waals surface area contributed by atoms with Crippen molar-refractivity contribution >= 4 is 34.5 Å². The lowest BCUT2D eigenvalue weighted by Gasteiger charge is -2.34. The third-order valence-corrected chi connectivity index (χ3v) is 7.71. The first-order chi connectivity index (χ1) is 20.4. The summed E-state index contributed by atoms with van der Waals surface area (Å²) in [5.41, 5.74) is 4.19. The number of aromatic amines is 1. The third-order valence-electron chi connectivity index (χ3n) is 7.40. The molecule has 4 heterocycles. The van der Waals surface area contributed by atoms with Crippen LogP contribution in [-0.4, -0.2) is 48.9 Å². The van der Waals surface area contributed by atoms with Crippen molar-refractivity contribution in [3.63, 3.8) is 0 Å². The van der Waals surface area contributed by atoms with Crippen LogP contribution in [0.1, 0.15) is 30.0 Å². The fourth-order valence-corrected chi connectivity index (χ4v) is 5.52. The second kappa shape index (κ2) is 11.5. The Morgan fingerprint density at radius 3 is 2.74 bits per heavy atom. The zero-order valence-electron chi connectivity index (χ0n) is 22.3. The summed E-state index contributed by atoms with van der Waals surface area (Å²) in [5.74, 6) is -1.78. The Balaban J connectivity index is 1.19. The lowest BCUT2D eigenvalue weighted by molar-refractivity contribution is 0.297. The third kappa shape index (κ3) is 5.12. The molecule has 1 aliphatic heterocycles. The van der Waals surface area contributed by atoms with Crippen LogP contribution >= 0.6 is 11.6 Å². The molecular formula is C30H25ClF2N8O. The average Bonchev–Trinajstić information content (AvgIpc) is 3.70. The number of hydrogen-bond donors (Lipinski definition) is 2. The van der Waals surface area contributed by atoms with Crippen LogP contribution < -0.4 is 10.1 Å². The summed E-state index contributed by atoms with van der Waals surface area (Å²) in [5, 5.41) is 12.4. The molecule has 0 saturated carbocycles. The van der Waals surface area contributed by atoms with Gasteiger partial charge in [0.25, 0.3) is 0 Å². The number of piperidine rings is 1. The Morgan fingerprint density at radius 1 is 1.17 bits per heavy atom. The van der Waals surface area contributed by atoms with Gasteiger partial charge >= 0.3 is 0 Å². The number of H-pyrrole nitrogens is 1. The first-order valence-electron chi connectivity index (χ1n) is 13.2. The average molecular weight is 587 g/mol. The Morgan fingerprint density at radius 2 is 2.00 bits per heavy atom. The molecule has 2 aromatic carbocycles. The molecular weight excluding hydrogens is 562 g/mol. The summed E-state index contributed by atoms with van der Waals surface area (Å²) in [6.45, 7) is 5.64. The van der Waals surface area contributed by atoms with Crippen LogP contribution in [0, 0.1) is 23.0 Å². The largest absolute Gasteiger partial charge is 0.476 e. The number of nitrogens with zero attached hydrogens (tertiary/aromatic N) is 6. The molecule has 12 heteroatoms. The van der Waals surface area contributed by atoms with E-state index in [2.05, 4.69) is 36.7 Å². The van der Waals surface area contributed by atoms with E-state index >= 15 is 0 Å². The van der Waals surface area contributed by atoms with Crippen molar-refractivity contribution in [2.24, 2.45) is 0 Å². The Kier molecular flexibility index (Phi) is 7.46. The summed E-state index contributed by atoms with van der Waals surface area (Å²) >= 11 is 6.71.